The molecule has 0 atom stereocenters. The molecule has 0 spiro atoms. The van der Waals surface area contributed by atoms with Gasteiger partial charge < -0.3 is 5.32 Å². The molecular weight excluding hydrogens is 280 g/mol. The van der Waals surface area contributed by atoms with E-state index in [2.05, 4.69) is 30.2 Å². The van der Waals surface area contributed by atoms with Gasteiger partial charge in [0.05, 0.1) is 5.39 Å². The zero-order chi connectivity index (χ0) is 14.8. The molecule has 0 saturated heterocycles. The summed E-state index contributed by atoms with van der Waals surface area (Å²) in [6, 6.07) is 4.13. The standard InChI is InChI=1S/C16H18N4S/c1-4-6-18-14-13-8-11(3)21-16(13)20-15(19-14)12-5-7-17-9-10(12)2/h5,7-9H,4,6H2,1-3H3,(H,18,19,20). The molecule has 3 aromatic heterocycles. The van der Waals surface area contributed by atoms with E-state index in [1.807, 2.05) is 19.2 Å². The topological polar surface area (TPSA) is 50.7 Å². The zero-order valence-electron chi connectivity index (χ0n) is 12.5. The van der Waals surface area contributed by atoms with Crippen LogP contribution < -0.4 is 5.32 Å². The first-order chi connectivity index (χ1) is 10.2. The van der Waals surface area contributed by atoms with Gasteiger partial charge in [-0.3, -0.25) is 4.98 Å². The number of fused-ring (bicyclic) bond motifs is 1. The first kappa shape index (κ1) is 13.9. The molecular formula is C16H18N4S. The van der Waals surface area contributed by atoms with E-state index in [-0.39, 0.29) is 0 Å². The molecule has 0 bridgehead atoms. The highest BCUT2D eigenvalue weighted by Gasteiger charge is 2.12. The van der Waals surface area contributed by atoms with Crippen molar-refractivity contribution >= 4 is 27.4 Å². The Kier molecular flexibility index (Phi) is 3.84. The first-order valence-corrected chi connectivity index (χ1v) is 7.93. The van der Waals surface area contributed by atoms with Crippen LogP contribution in [0.5, 0.6) is 0 Å². The third kappa shape index (κ3) is 2.74. The summed E-state index contributed by atoms with van der Waals surface area (Å²) in [6.07, 6.45) is 4.70. The fraction of sp³-hybridized carbons (Fsp3) is 0.312. The third-order valence-electron chi connectivity index (χ3n) is 3.32. The number of rotatable bonds is 4. The largest absolute Gasteiger partial charge is 0.369 e. The predicted molar refractivity (Wildman–Crippen MR) is 88.9 cm³/mol. The SMILES string of the molecule is CCCNc1nc(-c2ccncc2C)nc2sc(C)cc12. The number of hydrogen-bond acceptors (Lipinski definition) is 5. The van der Waals surface area contributed by atoms with Crippen molar-refractivity contribution in [3.8, 4) is 11.4 Å². The summed E-state index contributed by atoms with van der Waals surface area (Å²) in [4.78, 5) is 15.9. The minimum absolute atomic E-state index is 0.767. The summed E-state index contributed by atoms with van der Waals surface area (Å²) >= 11 is 1.71. The van der Waals surface area contributed by atoms with Gasteiger partial charge in [0, 0.05) is 29.4 Å². The Labute approximate surface area is 128 Å². The molecule has 0 amide bonds. The minimum Gasteiger partial charge on any atom is -0.369 e. The third-order valence-corrected chi connectivity index (χ3v) is 4.26. The van der Waals surface area contributed by atoms with Crippen LogP contribution in [0.15, 0.2) is 24.5 Å². The predicted octanol–water partition coefficient (Wildman–Crippen LogP) is 4.19. The molecule has 0 unspecified atom stereocenters. The number of aromatic nitrogens is 3. The maximum absolute atomic E-state index is 4.74. The van der Waals surface area contributed by atoms with Crippen LogP contribution in [0.3, 0.4) is 0 Å². The molecule has 3 heterocycles. The second-order valence-electron chi connectivity index (χ2n) is 5.09. The lowest BCUT2D eigenvalue weighted by Crippen LogP contribution is -2.04. The molecule has 3 aromatic rings. The van der Waals surface area contributed by atoms with Gasteiger partial charge in [-0.1, -0.05) is 6.92 Å². The lowest BCUT2D eigenvalue weighted by Gasteiger charge is -2.09. The van der Waals surface area contributed by atoms with Gasteiger partial charge in [-0.25, -0.2) is 9.97 Å². The average molecular weight is 298 g/mol. The Morgan fingerprint density at radius 1 is 1.24 bits per heavy atom. The molecule has 0 fully saturated rings. The summed E-state index contributed by atoms with van der Waals surface area (Å²) in [5.41, 5.74) is 2.13. The molecule has 1 N–H and O–H groups in total. The van der Waals surface area contributed by atoms with E-state index in [0.29, 0.717) is 0 Å². The molecule has 4 nitrogen and oxygen atoms in total. The van der Waals surface area contributed by atoms with Crippen LogP contribution in [0.1, 0.15) is 23.8 Å². The second kappa shape index (κ2) is 5.77. The Morgan fingerprint density at radius 2 is 2.10 bits per heavy atom. The molecule has 0 saturated carbocycles. The van der Waals surface area contributed by atoms with E-state index in [1.54, 1.807) is 17.5 Å². The van der Waals surface area contributed by atoms with Crippen LogP contribution in [-0.2, 0) is 0 Å². The molecule has 21 heavy (non-hydrogen) atoms. The van der Waals surface area contributed by atoms with Gasteiger partial charge >= 0.3 is 0 Å². The molecule has 3 rings (SSSR count). The highest BCUT2D eigenvalue weighted by Crippen LogP contribution is 2.31. The van der Waals surface area contributed by atoms with Crippen LogP contribution >= 0.6 is 11.3 Å². The summed E-state index contributed by atoms with van der Waals surface area (Å²) in [5, 5.41) is 4.53. The highest BCUT2D eigenvalue weighted by molar-refractivity contribution is 7.18. The van der Waals surface area contributed by atoms with E-state index < -0.39 is 0 Å². The van der Waals surface area contributed by atoms with Crippen molar-refractivity contribution in [3.05, 3.63) is 35.0 Å². The van der Waals surface area contributed by atoms with Crippen LogP contribution in [0, 0.1) is 13.8 Å². The lowest BCUT2D eigenvalue weighted by molar-refractivity contribution is 0.970. The number of hydrogen-bond donors (Lipinski definition) is 1. The van der Waals surface area contributed by atoms with E-state index in [0.717, 1.165) is 46.0 Å². The van der Waals surface area contributed by atoms with Crippen LogP contribution in [-0.4, -0.2) is 21.5 Å². The monoisotopic (exact) mass is 298 g/mol. The Bertz CT molecular complexity index is 779. The van der Waals surface area contributed by atoms with Gasteiger partial charge in [0.1, 0.15) is 10.6 Å². The van der Waals surface area contributed by atoms with Crippen molar-refractivity contribution in [1.82, 2.24) is 15.0 Å². The molecule has 0 aromatic carbocycles. The van der Waals surface area contributed by atoms with Gasteiger partial charge in [0.15, 0.2) is 5.82 Å². The quantitative estimate of drug-likeness (QED) is 0.784. The number of nitrogens with zero attached hydrogens (tertiary/aromatic N) is 3. The normalized spacial score (nSPS) is 11.0. The number of aryl methyl sites for hydroxylation is 2. The summed E-state index contributed by atoms with van der Waals surface area (Å²) in [6.45, 7) is 7.20. The van der Waals surface area contributed by atoms with Crippen LogP contribution in [0.25, 0.3) is 21.6 Å². The van der Waals surface area contributed by atoms with Gasteiger partial charge in [0.2, 0.25) is 0 Å². The van der Waals surface area contributed by atoms with Gasteiger partial charge in [-0.2, -0.15) is 0 Å². The molecule has 0 aliphatic heterocycles. The molecule has 5 heteroatoms. The van der Waals surface area contributed by atoms with Crippen molar-refractivity contribution < 1.29 is 0 Å². The Balaban J connectivity index is 2.17. The average Bonchev–Trinajstić information content (AvgIpc) is 2.85. The fourth-order valence-electron chi connectivity index (χ4n) is 2.26. The van der Waals surface area contributed by atoms with E-state index in [9.17, 15) is 0 Å². The molecule has 0 aliphatic rings. The summed E-state index contributed by atoms with van der Waals surface area (Å²) in [5.74, 6) is 1.69. The van der Waals surface area contributed by atoms with Crippen LogP contribution in [0.2, 0.25) is 0 Å². The minimum atomic E-state index is 0.767. The van der Waals surface area contributed by atoms with Crippen molar-refractivity contribution in [2.45, 2.75) is 27.2 Å². The lowest BCUT2D eigenvalue weighted by atomic mass is 10.1. The first-order valence-electron chi connectivity index (χ1n) is 7.12. The number of pyridine rings is 1. The van der Waals surface area contributed by atoms with Gasteiger partial charge in [-0.15, -0.1) is 11.3 Å². The molecule has 0 radical (unpaired) electrons. The summed E-state index contributed by atoms with van der Waals surface area (Å²) in [7, 11) is 0. The van der Waals surface area contributed by atoms with Gasteiger partial charge in [0.25, 0.3) is 0 Å². The van der Waals surface area contributed by atoms with E-state index in [4.69, 9.17) is 9.97 Å². The smallest absolute Gasteiger partial charge is 0.163 e. The zero-order valence-corrected chi connectivity index (χ0v) is 13.3. The van der Waals surface area contributed by atoms with E-state index >= 15 is 0 Å². The van der Waals surface area contributed by atoms with Crippen molar-refractivity contribution in [2.75, 3.05) is 11.9 Å². The maximum Gasteiger partial charge on any atom is 0.163 e. The van der Waals surface area contributed by atoms with Crippen LogP contribution in [0.4, 0.5) is 5.82 Å². The van der Waals surface area contributed by atoms with Crippen molar-refractivity contribution in [1.29, 1.82) is 0 Å². The Hall–Kier alpha value is -2.01. The summed E-state index contributed by atoms with van der Waals surface area (Å²) < 4.78 is 0. The maximum atomic E-state index is 4.74. The Morgan fingerprint density at radius 3 is 2.86 bits per heavy atom. The fourth-order valence-corrected chi connectivity index (χ4v) is 3.14. The molecule has 108 valence electrons. The number of thiophene rings is 1. The van der Waals surface area contributed by atoms with Gasteiger partial charge in [-0.05, 0) is 38.0 Å². The molecule has 0 aliphatic carbocycles. The van der Waals surface area contributed by atoms with Crippen molar-refractivity contribution in [2.24, 2.45) is 0 Å². The number of nitrogens with one attached hydrogen (secondary N) is 1. The van der Waals surface area contributed by atoms with E-state index in [1.165, 1.54) is 4.88 Å². The second-order valence-corrected chi connectivity index (χ2v) is 6.32. The number of anilines is 1. The van der Waals surface area contributed by atoms with Crippen molar-refractivity contribution in [3.63, 3.8) is 0 Å². The highest BCUT2D eigenvalue weighted by atomic mass is 32.1.